The molecular formula is C41H64N4O5S. The van der Waals surface area contributed by atoms with Crippen LogP contribution in [0.5, 0.6) is 0 Å². The van der Waals surface area contributed by atoms with Crippen LogP contribution in [0.4, 0.5) is 0 Å². The van der Waals surface area contributed by atoms with Crippen LogP contribution in [0.3, 0.4) is 0 Å². The van der Waals surface area contributed by atoms with Crippen molar-refractivity contribution in [2.75, 3.05) is 26.9 Å². The van der Waals surface area contributed by atoms with Gasteiger partial charge in [0.1, 0.15) is 18.7 Å². The molecule has 2 aromatic rings. The van der Waals surface area contributed by atoms with Crippen molar-refractivity contribution in [3.63, 3.8) is 0 Å². The molecule has 0 saturated carbocycles. The number of thiazole rings is 1. The van der Waals surface area contributed by atoms with E-state index in [0.717, 1.165) is 55.5 Å². The summed E-state index contributed by atoms with van der Waals surface area (Å²) < 4.78 is 6.06. The lowest BCUT2D eigenvalue weighted by molar-refractivity contribution is -0.150. The Morgan fingerprint density at radius 2 is 1.80 bits per heavy atom. The van der Waals surface area contributed by atoms with Gasteiger partial charge in [-0.15, -0.1) is 11.3 Å². The Kier molecular flexibility index (Phi) is 17.9. The number of nitrogens with zero attached hydrogens (tertiary/aromatic N) is 3. The quantitative estimate of drug-likeness (QED) is 0.0759. The number of nitrogens with one attached hydrogen (secondary N) is 1. The Bertz CT molecular complexity index is 1370. The van der Waals surface area contributed by atoms with Crippen molar-refractivity contribution in [1.29, 1.82) is 0 Å². The van der Waals surface area contributed by atoms with Gasteiger partial charge in [-0.05, 0) is 69.5 Å². The van der Waals surface area contributed by atoms with E-state index in [-0.39, 0.29) is 72.5 Å². The van der Waals surface area contributed by atoms with Gasteiger partial charge in [0.15, 0.2) is 5.78 Å². The fraction of sp³-hybridized carbons (Fsp3) is 0.683. The molecule has 1 aliphatic heterocycles. The average Bonchev–Trinajstić information content (AvgIpc) is 3.62. The van der Waals surface area contributed by atoms with Gasteiger partial charge in [-0.1, -0.05) is 91.6 Å². The first-order chi connectivity index (χ1) is 24.4. The molecule has 9 nitrogen and oxygen atoms in total. The molecule has 284 valence electrons. The zero-order valence-electron chi connectivity index (χ0n) is 32.4. The SMILES string of the molecule is CCCOCN(C(=O)[C@@H](CC(=O)C1CCCCN1C)C(C)CC)[C@H](C[C@@H](C)c1nc(C(=O)N[C@@H](Cc2ccccc2)C[C@H](C)C=O)cs1)C(C)C. The molecule has 0 aliphatic carbocycles. The van der Waals surface area contributed by atoms with Gasteiger partial charge in [-0.3, -0.25) is 19.3 Å². The molecule has 0 radical (unpaired) electrons. The third kappa shape index (κ3) is 12.9. The Balaban J connectivity index is 1.80. The Morgan fingerprint density at radius 3 is 2.43 bits per heavy atom. The minimum absolute atomic E-state index is 0.00798. The Morgan fingerprint density at radius 1 is 1.08 bits per heavy atom. The lowest BCUT2D eigenvalue weighted by Crippen LogP contribution is -2.50. The first-order valence-corrected chi connectivity index (χ1v) is 20.1. The highest BCUT2D eigenvalue weighted by molar-refractivity contribution is 7.09. The average molecular weight is 725 g/mol. The largest absolute Gasteiger partial charge is 0.361 e. The van der Waals surface area contributed by atoms with Crippen molar-refractivity contribution >= 4 is 35.2 Å². The number of likely N-dealkylation sites (tertiary alicyclic amines) is 1. The molecule has 1 aliphatic rings. The first kappa shape index (κ1) is 42.5. The van der Waals surface area contributed by atoms with E-state index in [4.69, 9.17) is 9.72 Å². The molecule has 7 atom stereocenters. The molecule has 3 rings (SSSR count). The molecule has 2 heterocycles. The number of amides is 2. The number of Topliss-reactive ketones (excluding diaryl/α,β-unsaturated/α-hetero) is 1. The number of piperidine rings is 1. The maximum atomic E-state index is 14.6. The highest BCUT2D eigenvalue weighted by Gasteiger charge is 2.38. The second kappa shape index (κ2) is 21.5. The number of benzene rings is 1. The summed E-state index contributed by atoms with van der Waals surface area (Å²) in [6, 6.07) is 9.48. The van der Waals surface area contributed by atoms with Gasteiger partial charge in [0.2, 0.25) is 5.91 Å². The van der Waals surface area contributed by atoms with Crippen LogP contribution < -0.4 is 5.32 Å². The predicted molar refractivity (Wildman–Crippen MR) is 206 cm³/mol. The molecule has 2 unspecified atom stereocenters. The normalized spacial score (nSPS) is 18.7. The Hall–Kier alpha value is -2.95. The van der Waals surface area contributed by atoms with E-state index in [1.165, 1.54) is 11.3 Å². The van der Waals surface area contributed by atoms with Crippen LogP contribution in [0.25, 0.3) is 0 Å². The van der Waals surface area contributed by atoms with E-state index in [1.54, 1.807) is 5.38 Å². The first-order valence-electron chi connectivity index (χ1n) is 19.3. The highest BCUT2D eigenvalue weighted by atomic mass is 32.1. The smallest absolute Gasteiger partial charge is 0.270 e. The van der Waals surface area contributed by atoms with E-state index in [0.29, 0.717) is 31.6 Å². The van der Waals surface area contributed by atoms with Crippen molar-refractivity contribution < 1.29 is 23.9 Å². The number of hydrogen-bond donors (Lipinski definition) is 1. The number of aromatic nitrogens is 1. The van der Waals surface area contributed by atoms with Crippen LogP contribution in [-0.4, -0.2) is 83.7 Å². The van der Waals surface area contributed by atoms with E-state index >= 15 is 0 Å². The number of hydrogen-bond acceptors (Lipinski definition) is 8. The number of rotatable bonds is 22. The molecule has 0 bridgehead atoms. The third-order valence-corrected chi connectivity index (χ3v) is 11.6. The summed E-state index contributed by atoms with van der Waals surface area (Å²) in [4.78, 5) is 62.1. The number of ether oxygens (including phenoxy) is 1. The maximum absolute atomic E-state index is 14.6. The number of carbonyl (C=O) groups is 4. The third-order valence-electron chi connectivity index (χ3n) is 10.6. The molecular weight excluding hydrogens is 661 g/mol. The molecule has 1 N–H and O–H groups in total. The van der Waals surface area contributed by atoms with Crippen molar-refractivity contribution in [3.8, 4) is 0 Å². The van der Waals surface area contributed by atoms with Crippen LogP contribution >= 0.6 is 11.3 Å². The molecule has 51 heavy (non-hydrogen) atoms. The van der Waals surface area contributed by atoms with E-state index in [1.807, 2.05) is 49.2 Å². The van der Waals surface area contributed by atoms with Gasteiger partial charge in [0.25, 0.3) is 5.91 Å². The lowest BCUT2D eigenvalue weighted by Gasteiger charge is -2.39. The van der Waals surface area contributed by atoms with Crippen LogP contribution in [0, 0.1) is 23.7 Å². The fourth-order valence-electron chi connectivity index (χ4n) is 7.19. The van der Waals surface area contributed by atoms with Gasteiger partial charge in [0, 0.05) is 48.2 Å². The van der Waals surface area contributed by atoms with Gasteiger partial charge < -0.3 is 19.7 Å². The molecule has 1 aromatic heterocycles. The molecule has 1 fully saturated rings. The minimum atomic E-state index is -0.416. The number of ketones is 1. The summed E-state index contributed by atoms with van der Waals surface area (Å²) in [5, 5.41) is 5.77. The zero-order valence-corrected chi connectivity index (χ0v) is 33.3. The molecule has 10 heteroatoms. The van der Waals surface area contributed by atoms with Gasteiger partial charge in [0.05, 0.1) is 11.0 Å². The lowest BCUT2D eigenvalue weighted by atomic mass is 9.82. The fourth-order valence-corrected chi connectivity index (χ4v) is 8.06. The van der Waals surface area contributed by atoms with Crippen molar-refractivity contribution in [1.82, 2.24) is 20.1 Å². The Labute approximate surface area is 311 Å². The maximum Gasteiger partial charge on any atom is 0.270 e. The second-order valence-corrected chi connectivity index (χ2v) is 16.1. The molecule has 2 amide bonds. The molecule has 1 saturated heterocycles. The second-order valence-electron chi connectivity index (χ2n) is 15.2. The summed E-state index contributed by atoms with van der Waals surface area (Å²) in [5.41, 5.74) is 1.46. The van der Waals surface area contributed by atoms with Gasteiger partial charge >= 0.3 is 0 Å². The van der Waals surface area contributed by atoms with Crippen molar-refractivity contribution in [3.05, 3.63) is 52.0 Å². The number of aldehydes is 1. The monoisotopic (exact) mass is 724 g/mol. The van der Waals surface area contributed by atoms with E-state index < -0.39 is 5.92 Å². The zero-order chi connectivity index (χ0) is 37.5. The van der Waals surface area contributed by atoms with Crippen molar-refractivity contribution in [2.45, 2.75) is 130 Å². The number of likely N-dealkylation sites (N-methyl/N-ethyl adjacent to an activating group) is 1. The van der Waals surface area contributed by atoms with Crippen molar-refractivity contribution in [2.24, 2.45) is 23.7 Å². The summed E-state index contributed by atoms with van der Waals surface area (Å²) in [6.45, 7) is 16.1. The molecule has 0 spiro atoms. The summed E-state index contributed by atoms with van der Waals surface area (Å²) in [7, 11) is 2.02. The molecule has 1 aromatic carbocycles. The van der Waals surface area contributed by atoms with Crippen LogP contribution in [0.1, 0.15) is 127 Å². The minimum Gasteiger partial charge on any atom is -0.361 e. The summed E-state index contributed by atoms with van der Waals surface area (Å²) in [6.07, 6.45) is 7.63. The van der Waals surface area contributed by atoms with Crippen LogP contribution in [0.2, 0.25) is 0 Å². The van der Waals surface area contributed by atoms with Gasteiger partial charge in [-0.2, -0.15) is 0 Å². The van der Waals surface area contributed by atoms with Crippen LogP contribution in [-0.2, 0) is 25.5 Å². The van der Waals surface area contributed by atoms with E-state index in [2.05, 4.69) is 51.8 Å². The standard InChI is InChI=1S/C41H64N4O5S/c1-9-20-50-27-45(41(49)34(30(6)10-2)24-38(47)36-18-14-15-19-44(36)8)37(28(3)4)22-31(7)40-43-35(26-51-40)39(48)42-33(21-29(5)25-46)23-32-16-12-11-13-17-32/h11-13,16-17,25-26,28-31,33-34,36-37H,9-10,14-15,18-24,27H2,1-8H3,(H,42,48)/t29-,30?,31+,33+,34-,36?,37+/m0/s1. The topological polar surface area (TPSA) is 109 Å². The highest BCUT2D eigenvalue weighted by Crippen LogP contribution is 2.32. The number of carbonyl (C=O) groups excluding carboxylic acids is 4. The van der Waals surface area contributed by atoms with Crippen LogP contribution in [0.15, 0.2) is 35.7 Å². The summed E-state index contributed by atoms with van der Waals surface area (Å²) in [5.74, 6) is -0.544. The predicted octanol–water partition coefficient (Wildman–Crippen LogP) is 7.55. The van der Waals surface area contributed by atoms with Gasteiger partial charge in [-0.25, -0.2) is 4.98 Å². The van der Waals surface area contributed by atoms with E-state index in [9.17, 15) is 19.2 Å². The summed E-state index contributed by atoms with van der Waals surface area (Å²) >= 11 is 1.46.